The smallest absolute Gasteiger partial charge is 0.270 e. The molecule has 2 N–H and O–H groups in total. The van der Waals surface area contributed by atoms with Gasteiger partial charge in [0, 0.05) is 13.7 Å². The molecule has 3 heterocycles. The van der Waals surface area contributed by atoms with E-state index >= 15 is 0 Å². The molecule has 3 rings (SSSR count). The average molecular weight is 303 g/mol. The van der Waals surface area contributed by atoms with Crippen LogP contribution in [0.1, 0.15) is 16.9 Å². The number of amides is 1. The molecule has 116 valence electrons. The van der Waals surface area contributed by atoms with Gasteiger partial charge in [0.2, 0.25) is 0 Å². The van der Waals surface area contributed by atoms with E-state index < -0.39 is 0 Å². The molecule has 0 radical (unpaired) electrons. The Morgan fingerprint density at radius 2 is 2.41 bits per heavy atom. The third-order valence-electron chi connectivity index (χ3n) is 3.64. The summed E-state index contributed by atoms with van der Waals surface area (Å²) in [6.45, 7) is 1.59. The Balaban J connectivity index is 1.67. The summed E-state index contributed by atoms with van der Waals surface area (Å²) in [5.41, 5.74) is 1.04. The second-order valence-corrected chi connectivity index (χ2v) is 5.00. The van der Waals surface area contributed by atoms with E-state index in [0.29, 0.717) is 11.4 Å². The minimum Gasteiger partial charge on any atom is -0.378 e. The highest BCUT2D eigenvalue weighted by Crippen LogP contribution is 2.09. The monoisotopic (exact) mass is 303 g/mol. The van der Waals surface area contributed by atoms with Crippen LogP contribution in [-0.4, -0.2) is 63.4 Å². The van der Waals surface area contributed by atoms with Crippen molar-refractivity contribution in [1.29, 1.82) is 0 Å². The van der Waals surface area contributed by atoms with E-state index in [4.69, 9.17) is 4.74 Å². The maximum atomic E-state index is 12.3. The number of ether oxygens (including phenoxy) is 1. The highest BCUT2D eigenvalue weighted by Gasteiger charge is 2.26. The van der Waals surface area contributed by atoms with E-state index in [0.717, 1.165) is 19.5 Å². The number of hydrogen-bond donors (Lipinski definition) is 2. The van der Waals surface area contributed by atoms with Crippen molar-refractivity contribution in [3.8, 4) is 5.69 Å². The van der Waals surface area contributed by atoms with Crippen molar-refractivity contribution < 1.29 is 9.53 Å². The molecular formula is C13H17N7O2. The fourth-order valence-electron chi connectivity index (χ4n) is 2.42. The molecule has 1 aliphatic rings. The van der Waals surface area contributed by atoms with Gasteiger partial charge in [-0.3, -0.25) is 4.79 Å². The zero-order valence-electron chi connectivity index (χ0n) is 12.1. The first kappa shape index (κ1) is 14.5. The lowest BCUT2D eigenvalue weighted by atomic mass is 10.0. The van der Waals surface area contributed by atoms with Crippen LogP contribution in [0.15, 0.2) is 24.7 Å². The standard InChI is InChI=1S/C13H17N7O2/c1-22-12-7-14-5-4-10(12)17-13(21)11-3-2-9(6-15-11)20-8-16-18-19-20/h2-3,6,8,10,12,14H,4-5,7H2,1H3,(H,17,21)/t10-,12+/m1/s1. The van der Waals surface area contributed by atoms with Crippen molar-refractivity contribution in [3.63, 3.8) is 0 Å². The molecule has 0 spiro atoms. The molecule has 9 nitrogen and oxygen atoms in total. The third kappa shape index (κ3) is 3.10. The largest absolute Gasteiger partial charge is 0.378 e. The van der Waals surface area contributed by atoms with Gasteiger partial charge in [0.05, 0.1) is 24.0 Å². The first-order chi connectivity index (χ1) is 10.8. The van der Waals surface area contributed by atoms with Gasteiger partial charge in [0.1, 0.15) is 12.0 Å². The van der Waals surface area contributed by atoms with E-state index in [9.17, 15) is 4.79 Å². The summed E-state index contributed by atoms with van der Waals surface area (Å²) in [6.07, 6.45) is 3.82. The summed E-state index contributed by atoms with van der Waals surface area (Å²) < 4.78 is 6.86. The first-order valence-electron chi connectivity index (χ1n) is 7.01. The molecule has 1 amide bonds. The summed E-state index contributed by atoms with van der Waals surface area (Å²) in [7, 11) is 1.65. The molecule has 2 atom stereocenters. The molecule has 22 heavy (non-hydrogen) atoms. The summed E-state index contributed by atoms with van der Waals surface area (Å²) in [4.78, 5) is 16.4. The summed E-state index contributed by atoms with van der Waals surface area (Å²) in [5, 5.41) is 17.1. The second kappa shape index (κ2) is 6.58. The van der Waals surface area contributed by atoms with Gasteiger partial charge in [-0.25, -0.2) is 4.98 Å². The summed E-state index contributed by atoms with van der Waals surface area (Å²) in [5.74, 6) is -0.211. The number of aromatic nitrogens is 5. The number of piperidine rings is 1. The van der Waals surface area contributed by atoms with Gasteiger partial charge in [-0.05, 0) is 35.5 Å². The Kier molecular flexibility index (Phi) is 4.35. The van der Waals surface area contributed by atoms with Gasteiger partial charge in [0.25, 0.3) is 5.91 Å². The van der Waals surface area contributed by atoms with E-state index in [2.05, 4.69) is 31.1 Å². The average Bonchev–Trinajstić information content (AvgIpc) is 3.10. The molecule has 0 aliphatic carbocycles. The molecule has 0 aromatic carbocycles. The Bertz CT molecular complexity index is 614. The number of rotatable bonds is 4. The van der Waals surface area contributed by atoms with E-state index in [1.807, 2.05) is 0 Å². The maximum Gasteiger partial charge on any atom is 0.270 e. The number of nitrogens with one attached hydrogen (secondary N) is 2. The Labute approximate surface area is 127 Å². The maximum absolute atomic E-state index is 12.3. The highest BCUT2D eigenvalue weighted by molar-refractivity contribution is 5.92. The molecule has 2 aromatic heterocycles. The molecule has 2 aromatic rings. The SMILES string of the molecule is CO[C@H]1CNCC[C@H]1NC(=O)c1ccc(-n2cnnn2)cn1. The van der Waals surface area contributed by atoms with Crippen LogP contribution in [0.5, 0.6) is 0 Å². The lowest BCUT2D eigenvalue weighted by Gasteiger charge is -2.31. The Hall–Kier alpha value is -2.39. The van der Waals surface area contributed by atoms with Crippen LogP contribution in [0, 0.1) is 0 Å². The van der Waals surface area contributed by atoms with Crippen LogP contribution in [0.4, 0.5) is 0 Å². The van der Waals surface area contributed by atoms with Crippen molar-refractivity contribution in [3.05, 3.63) is 30.4 Å². The second-order valence-electron chi connectivity index (χ2n) is 5.00. The minimum atomic E-state index is -0.211. The highest BCUT2D eigenvalue weighted by atomic mass is 16.5. The topological polar surface area (TPSA) is 107 Å². The van der Waals surface area contributed by atoms with Crippen LogP contribution < -0.4 is 10.6 Å². The molecule has 0 bridgehead atoms. The van der Waals surface area contributed by atoms with Gasteiger partial charge in [-0.2, -0.15) is 4.68 Å². The number of nitrogens with zero attached hydrogens (tertiary/aromatic N) is 5. The van der Waals surface area contributed by atoms with Gasteiger partial charge in [-0.15, -0.1) is 5.10 Å². The zero-order chi connectivity index (χ0) is 15.4. The van der Waals surface area contributed by atoms with Crippen LogP contribution in [0.2, 0.25) is 0 Å². The Morgan fingerprint density at radius 3 is 3.09 bits per heavy atom. The summed E-state index contributed by atoms with van der Waals surface area (Å²) >= 11 is 0. The predicted octanol–water partition coefficient (Wildman–Crippen LogP) is -0.836. The molecule has 0 unspecified atom stereocenters. The lowest BCUT2D eigenvalue weighted by Crippen LogP contribution is -2.53. The molecule has 1 aliphatic heterocycles. The van der Waals surface area contributed by atoms with E-state index in [-0.39, 0.29) is 18.1 Å². The van der Waals surface area contributed by atoms with Crippen molar-refractivity contribution in [2.24, 2.45) is 0 Å². The predicted molar refractivity (Wildman–Crippen MR) is 76.5 cm³/mol. The number of hydrogen-bond acceptors (Lipinski definition) is 7. The quantitative estimate of drug-likeness (QED) is 0.758. The normalized spacial score (nSPS) is 21.5. The van der Waals surface area contributed by atoms with Crippen molar-refractivity contribution in [1.82, 2.24) is 35.8 Å². The van der Waals surface area contributed by atoms with Crippen molar-refractivity contribution in [2.45, 2.75) is 18.6 Å². The number of methoxy groups -OCH3 is 1. The summed E-state index contributed by atoms with van der Waals surface area (Å²) in [6, 6.07) is 3.38. The van der Waals surface area contributed by atoms with Gasteiger partial charge in [0.15, 0.2) is 0 Å². The van der Waals surface area contributed by atoms with Crippen LogP contribution in [-0.2, 0) is 4.74 Å². The fraction of sp³-hybridized carbons (Fsp3) is 0.462. The number of carbonyl (C=O) groups excluding carboxylic acids is 1. The zero-order valence-corrected chi connectivity index (χ0v) is 12.1. The van der Waals surface area contributed by atoms with Crippen molar-refractivity contribution >= 4 is 5.91 Å². The van der Waals surface area contributed by atoms with Crippen LogP contribution in [0.25, 0.3) is 5.69 Å². The van der Waals surface area contributed by atoms with E-state index in [1.54, 1.807) is 25.4 Å². The first-order valence-corrected chi connectivity index (χ1v) is 7.01. The fourth-order valence-corrected chi connectivity index (χ4v) is 2.42. The number of tetrazole rings is 1. The van der Waals surface area contributed by atoms with Crippen LogP contribution in [0.3, 0.4) is 0 Å². The molecule has 9 heteroatoms. The third-order valence-corrected chi connectivity index (χ3v) is 3.64. The molecule has 0 saturated carbocycles. The number of carbonyl (C=O) groups is 1. The Morgan fingerprint density at radius 1 is 1.50 bits per heavy atom. The van der Waals surface area contributed by atoms with Crippen molar-refractivity contribution in [2.75, 3.05) is 20.2 Å². The molecular weight excluding hydrogens is 286 g/mol. The van der Waals surface area contributed by atoms with Gasteiger partial charge in [-0.1, -0.05) is 0 Å². The molecule has 1 saturated heterocycles. The number of pyridine rings is 1. The molecule has 1 fully saturated rings. The lowest BCUT2D eigenvalue weighted by molar-refractivity contribution is 0.0475. The minimum absolute atomic E-state index is 0.0141. The van der Waals surface area contributed by atoms with Gasteiger partial charge >= 0.3 is 0 Å². The van der Waals surface area contributed by atoms with Crippen LogP contribution >= 0.6 is 0 Å². The van der Waals surface area contributed by atoms with E-state index in [1.165, 1.54) is 11.0 Å². The van der Waals surface area contributed by atoms with Gasteiger partial charge < -0.3 is 15.4 Å².